The molecule has 0 spiro atoms. The Balaban J connectivity index is 2.06. The van der Waals surface area contributed by atoms with E-state index < -0.39 is 0 Å². The van der Waals surface area contributed by atoms with Crippen LogP contribution in [0, 0.1) is 0 Å². The van der Waals surface area contributed by atoms with Gasteiger partial charge in [0.25, 0.3) is 0 Å². The predicted molar refractivity (Wildman–Crippen MR) is 81.1 cm³/mol. The van der Waals surface area contributed by atoms with Gasteiger partial charge in [-0.15, -0.1) is 0 Å². The zero-order valence-electron chi connectivity index (χ0n) is 11.8. The molecule has 1 aliphatic rings. The van der Waals surface area contributed by atoms with Crippen molar-refractivity contribution in [3.63, 3.8) is 0 Å². The number of ether oxygens (including phenoxy) is 1. The second kappa shape index (κ2) is 7.13. The standard InChI is InChI=1S/C15H23ClN2O/c1-3-19-14-6-8-18(9-7-14)15-5-4-13(16)10-12(15)11-17-2/h4-5,10,14,17H,3,6-9,11H2,1-2H3. The van der Waals surface area contributed by atoms with Gasteiger partial charge < -0.3 is 15.0 Å². The minimum atomic E-state index is 0.432. The molecule has 0 atom stereocenters. The Bertz CT molecular complexity index is 403. The van der Waals surface area contributed by atoms with Gasteiger partial charge in [0.15, 0.2) is 0 Å². The molecule has 1 N–H and O–H groups in total. The highest BCUT2D eigenvalue weighted by atomic mass is 35.5. The number of hydrogen-bond acceptors (Lipinski definition) is 3. The number of nitrogens with one attached hydrogen (secondary N) is 1. The number of piperidine rings is 1. The van der Waals surface area contributed by atoms with Gasteiger partial charge in [0.05, 0.1) is 6.10 Å². The summed E-state index contributed by atoms with van der Waals surface area (Å²) in [6.45, 7) is 5.85. The number of hydrogen-bond donors (Lipinski definition) is 1. The first-order valence-corrected chi connectivity index (χ1v) is 7.42. The lowest BCUT2D eigenvalue weighted by Gasteiger charge is -2.34. The molecule has 19 heavy (non-hydrogen) atoms. The smallest absolute Gasteiger partial charge is 0.0608 e. The highest BCUT2D eigenvalue weighted by Crippen LogP contribution is 2.27. The summed E-state index contributed by atoms with van der Waals surface area (Å²) in [5.41, 5.74) is 2.57. The SMILES string of the molecule is CCOC1CCN(c2ccc(Cl)cc2CNC)CC1. The van der Waals surface area contributed by atoms with Crippen LogP contribution in [0.5, 0.6) is 0 Å². The first-order valence-electron chi connectivity index (χ1n) is 7.04. The van der Waals surface area contributed by atoms with E-state index >= 15 is 0 Å². The molecule has 0 unspecified atom stereocenters. The zero-order valence-corrected chi connectivity index (χ0v) is 12.5. The molecule has 0 aliphatic carbocycles. The molecule has 0 amide bonds. The minimum Gasteiger partial charge on any atom is -0.378 e. The van der Waals surface area contributed by atoms with Gasteiger partial charge in [-0.05, 0) is 50.6 Å². The van der Waals surface area contributed by atoms with Crippen LogP contribution in [0.4, 0.5) is 5.69 Å². The fourth-order valence-electron chi connectivity index (χ4n) is 2.69. The van der Waals surface area contributed by atoms with Gasteiger partial charge in [-0.25, -0.2) is 0 Å². The molecule has 0 radical (unpaired) electrons. The topological polar surface area (TPSA) is 24.5 Å². The van der Waals surface area contributed by atoms with Crippen molar-refractivity contribution in [2.24, 2.45) is 0 Å². The summed E-state index contributed by atoms with van der Waals surface area (Å²) in [6.07, 6.45) is 2.64. The van der Waals surface area contributed by atoms with Crippen molar-refractivity contribution in [3.8, 4) is 0 Å². The van der Waals surface area contributed by atoms with E-state index in [2.05, 4.69) is 29.3 Å². The van der Waals surface area contributed by atoms with E-state index in [4.69, 9.17) is 16.3 Å². The van der Waals surface area contributed by atoms with Crippen LogP contribution < -0.4 is 10.2 Å². The van der Waals surface area contributed by atoms with Gasteiger partial charge in [0.2, 0.25) is 0 Å². The van der Waals surface area contributed by atoms with E-state index in [0.717, 1.165) is 44.1 Å². The molecule has 0 saturated carbocycles. The van der Waals surface area contributed by atoms with Crippen LogP contribution in [0.25, 0.3) is 0 Å². The molecule has 106 valence electrons. The third-order valence-electron chi connectivity index (χ3n) is 3.59. The Hall–Kier alpha value is -0.770. The lowest BCUT2D eigenvalue weighted by atomic mass is 10.0. The van der Waals surface area contributed by atoms with E-state index in [1.54, 1.807) is 0 Å². The Morgan fingerprint density at radius 3 is 2.74 bits per heavy atom. The monoisotopic (exact) mass is 282 g/mol. The molecule has 1 aromatic carbocycles. The molecule has 3 nitrogen and oxygen atoms in total. The lowest BCUT2D eigenvalue weighted by molar-refractivity contribution is 0.0459. The van der Waals surface area contributed by atoms with Gasteiger partial charge in [-0.2, -0.15) is 0 Å². The third kappa shape index (κ3) is 3.85. The number of nitrogens with zero attached hydrogens (tertiary/aromatic N) is 1. The van der Waals surface area contributed by atoms with E-state index in [-0.39, 0.29) is 0 Å². The molecule has 4 heteroatoms. The summed E-state index contributed by atoms with van der Waals surface area (Å²) >= 11 is 6.09. The Morgan fingerprint density at radius 2 is 2.11 bits per heavy atom. The van der Waals surface area contributed by atoms with E-state index in [1.807, 2.05) is 13.1 Å². The second-order valence-electron chi connectivity index (χ2n) is 4.95. The number of halogens is 1. The van der Waals surface area contributed by atoms with Gasteiger partial charge in [-0.1, -0.05) is 11.6 Å². The molecule has 0 bridgehead atoms. The summed E-state index contributed by atoms with van der Waals surface area (Å²) in [5.74, 6) is 0. The average Bonchev–Trinajstić information content (AvgIpc) is 2.41. The quantitative estimate of drug-likeness (QED) is 0.898. The van der Waals surface area contributed by atoms with Crippen LogP contribution in [-0.2, 0) is 11.3 Å². The Morgan fingerprint density at radius 1 is 1.37 bits per heavy atom. The summed E-state index contributed by atoms with van der Waals surface area (Å²) < 4.78 is 5.70. The number of benzene rings is 1. The number of anilines is 1. The maximum atomic E-state index is 6.09. The van der Waals surface area contributed by atoms with Crippen LogP contribution in [0.3, 0.4) is 0 Å². The van der Waals surface area contributed by atoms with Crippen LogP contribution in [0.1, 0.15) is 25.3 Å². The predicted octanol–water partition coefficient (Wildman–Crippen LogP) is 3.06. The van der Waals surface area contributed by atoms with Gasteiger partial charge in [0.1, 0.15) is 0 Å². The van der Waals surface area contributed by atoms with Gasteiger partial charge in [-0.3, -0.25) is 0 Å². The summed E-state index contributed by atoms with van der Waals surface area (Å²) in [6, 6.07) is 6.17. The Labute approximate surface area is 120 Å². The molecule has 1 aromatic rings. The van der Waals surface area contributed by atoms with Gasteiger partial charge >= 0.3 is 0 Å². The van der Waals surface area contributed by atoms with Crippen LogP contribution >= 0.6 is 11.6 Å². The first kappa shape index (κ1) is 14.6. The van der Waals surface area contributed by atoms with Crippen molar-refractivity contribution in [1.82, 2.24) is 5.32 Å². The van der Waals surface area contributed by atoms with Crippen molar-refractivity contribution < 1.29 is 4.74 Å². The molecule has 1 fully saturated rings. The maximum Gasteiger partial charge on any atom is 0.0608 e. The van der Waals surface area contributed by atoms with Crippen molar-refractivity contribution in [2.75, 3.05) is 31.6 Å². The highest BCUT2D eigenvalue weighted by molar-refractivity contribution is 6.30. The summed E-state index contributed by atoms with van der Waals surface area (Å²) in [5, 5.41) is 4.01. The Kier molecular flexibility index (Phi) is 5.49. The van der Waals surface area contributed by atoms with E-state index in [9.17, 15) is 0 Å². The van der Waals surface area contributed by atoms with E-state index in [1.165, 1.54) is 11.3 Å². The molecule has 1 aliphatic heterocycles. The van der Waals surface area contributed by atoms with Crippen LogP contribution in [0.15, 0.2) is 18.2 Å². The fraction of sp³-hybridized carbons (Fsp3) is 0.600. The molecule has 0 aromatic heterocycles. The summed E-state index contributed by atoms with van der Waals surface area (Å²) in [7, 11) is 1.96. The average molecular weight is 283 g/mol. The van der Waals surface area contributed by atoms with Crippen molar-refractivity contribution >= 4 is 17.3 Å². The second-order valence-corrected chi connectivity index (χ2v) is 5.38. The minimum absolute atomic E-state index is 0.432. The lowest BCUT2D eigenvalue weighted by Crippen LogP contribution is -2.37. The molecule has 1 heterocycles. The largest absolute Gasteiger partial charge is 0.378 e. The number of rotatable bonds is 5. The molecule has 2 rings (SSSR count). The van der Waals surface area contributed by atoms with Crippen molar-refractivity contribution in [2.45, 2.75) is 32.4 Å². The normalized spacial score (nSPS) is 16.9. The van der Waals surface area contributed by atoms with Crippen LogP contribution in [0.2, 0.25) is 5.02 Å². The first-order chi connectivity index (χ1) is 9.24. The molecular weight excluding hydrogens is 260 g/mol. The molecule has 1 saturated heterocycles. The van der Waals surface area contributed by atoms with Crippen LogP contribution in [-0.4, -0.2) is 32.8 Å². The fourth-order valence-corrected chi connectivity index (χ4v) is 2.89. The maximum absolute atomic E-state index is 6.09. The highest BCUT2D eigenvalue weighted by Gasteiger charge is 2.21. The van der Waals surface area contributed by atoms with Gasteiger partial charge in [0, 0.05) is 37.0 Å². The zero-order chi connectivity index (χ0) is 13.7. The van der Waals surface area contributed by atoms with E-state index in [0.29, 0.717) is 6.10 Å². The van der Waals surface area contributed by atoms with Crippen molar-refractivity contribution in [3.05, 3.63) is 28.8 Å². The molecular formula is C15H23ClN2O. The van der Waals surface area contributed by atoms with Crippen molar-refractivity contribution in [1.29, 1.82) is 0 Å². The third-order valence-corrected chi connectivity index (χ3v) is 3.83. The summed E-state index contributed by atoms with van der Waals surface area (Å²) in [4.78, 5) is 2.44.